The number of hydrogen-bond donors (Lipinski definition) is 1. The topological polar surface area (TPSA) is 81.5 Å². The lowest BCUT2D eigenvalue weighted by atomic mass is 10.0. The molecule has 0 saturated carbocycles. The van der Waals surface area contributed by atoms with Crippen LogP contribution in [-0.2, 0) is 6.18 Å². The van der Waals surface area contributed by atoms with Crippen LogP contribution in [0.3, 0.4) is 0 Å². The predicted molar refractivity (Wildman–Crippen MR) is 113 cm³/mol. The fourth-order valence-corrected chi connectivity index (χ4v) is 3.71. The molecule has 3 aromatic heterocycles. The molecular weight excluding hydrogens is 491 g/mol. The Balaban J connectivity index is 2.07. The maximum Gasteiger partial charge on any atom is 0.435 e. The van der Waals surface area contributed by atoms with Gasteiger partial charge in [0.1, 0.15) is 10.8 Å². The molecular formula is C20H12Cl2F4N4O3. The van der Waals surface area contributed by atoms with Gasteiger partial charge in [-0.05, 0) is 23.8 Å². The smallest absolute Gasteiger partial charge is 0.435 e. The Kier molecular flexibility index (Phi) is 5.71. The van der Waals surface area contributed by atoms with Gasteiger partial charge in [0, 0.05) is 11.6 Å². The number of nitrogens with zero attached hydrogens (tertiary/aromatic N) is 3. The van der Waals surface area contributed by atoms with Crippen molar-refractivity contribution in [2.75, 3.05) is 14.2 Å². The molecule has 172 valence electrons. The third-order valence-electron chi connectivity index (χ3n) is 4.73. The van der Waals surface area contributed by atoms with Gasteiger partial charge in [0.2, 0.25) is 0 Å². The van der Waals surface area contributed by atoms with E-state index >= 15 is 0 Å². The zero-order chi connectivity index (χ0) is 24.1. The molecule has 0 unspecified atom stereocenters. The minimum atomic E-state index is -4.90. The Hall–Kier alpha value is -3.31. The summed E-state index contributed by atoms with van der Waals surface area (Å²) >= 11 is 11.6. The lowest BCUT2D eigenvalue weighted by Crippen LogP contribution is -2.15. The number of benzene rings is 1. The van der Waals surface area contributed by atoms with Crippen LogP contribution in [0.5, 0.6) is 11.5 Å². The first-order valence-corrected chi connectivity index (χ1v) is 9.78. The Morgan fingerprint density at radius 1 is 1.03 bits per heavy atom. The maximum absolute atomic E-state index is 14.0. The van der Waals surface area contributed by atoms with E-state index in [1.807, 2.05) is 0 Å². The Labute approximate surface area is 192 Å². The average Bonchev–Trinajstić information content (AvgIpc) is 3.16. The van der Waals surface area contributed by atoms with E-state index in [9.17, 15) is 22.4 Å². The van der Waals surface area contributed by atoms with Crippen molar-refractivity contribution < 1.29 is 27.0 Å². The predicted octanol–water partition coefficient (Wildman–Crippen LogP) is 5.23. The van der Waals surface area contributed by atoms with Gasteiger partial charge in [-0.2, -0.15) is 22.8 Å². The molecule has 0 fully saturated rings. The van der Waals surface area contributed by atoms with Crippen molar-refractivity contribution in [3.8, 4) is 33.9 Å². The summed E-state index contributed by atoms with van der Waals surface area (Å²) in [5.41, 5.74) is -3.09. The summed E-state index contributed by atoms with van der Waals surface area (Å²) in [6.45, 7) is 0. The van der Waals surface area contributed by atoms with Crippen molar-refractivity contribution >= 4 is 28.8 Å². The van der Waals surface area contributed by atoms with Crippen LogP contribution in [0, 0.1) is 5.82 Å². The Morgan fingerprint density at radius 3 is 2.36 bits per heavy atom. The zero-order valence-corrected chi connectivity index (χ0v) is 18.2. The van der Waals surface area contributed by atoms with Gasteiger partial charge < -0.3 is 14.5 Å². The van der Waals surface area contributed by atoms with E-state index in [-0.39, 0.29) is 39.1 Å². The van der Waals surface area contributed by atoms with Gasteiger partial charge in [0.05, 0.1) is 25.5 Å². The molecule has 0 spiro atoms. The van der Waals surface area contributed by atoms with Crippen molar-refractivity contribution in [3.63, 3.8) is 0 Å². The van der Waals surface area contributed by atoms with E-state index in [0.29, 0.717) is 4.52 Å². The number of pyridine rings is 1. The molecule has 0 aliphatic carbocycles. The van der Waals surface area contributed by atoms with Crippen LogP contribution in [0.15, 0.2) is 35.1 Å². The number of halogens is 6. The third-order valence-corrected chi connectivity index (χ3v) is 5.29. The van der Waals surface area contributed by atoms with Crippen LogP contribution in [0.4, 0.5) is 17.6 Å². The highest BCUT2D eigenvalue weighted by atomic mass is 35.5. The number of aromatic nitrogens is 4. The minimum absolute atomic E-state index is 0.0364. The number of rotatable bonds is 4. The second-order valence-corrected chi connectivity index (χ2v) is 7.39. The van der Waals surface area contributed by atoms with Crippen LogP contribution < -0.4 is 15.0 Å². The van der Waals surface area contributed by atoms with E-state index in [0.717, 1.165) is 12.1 Å². The summed E-state index contributed by atoms with van der Waals surface area (Å²) in [6.07, 6.45) is -4.90. The van der Waals surface area contributed by atoms with E-state index in [1.165, 1.54) is 32.4 Å². The number of alkyl halides is 3. The molecule has 33 heavy (non-hydrogen) atoms. The molecule has 1 N–H and O–H groups in total. The van der Waals surface area contributed by atoms with Gasteiger partial charge in [-0.3, -0.25) is 4.79 Å². The molecule has 0 aliphatic rings. The molecule has 4 aromatic rings. The quantitative estimate of drug-likeness (QED) is 0.305. The highest BCUT2D eigenvalue weighted by molar-refractivity contribution is 6.34. The monoisotopic (exact) mass is 502 g/mol. The zero-order valence-electron chi connectivity index (χ0n) is 16.7. The summed E-state index contributed by atoms with van der Waals surface area (Å²) in [4.78, 5) is 19.0. The summed E-state index contributed by atoms with van der Waals surface area (Å²) in [5, 5.41) is 2.72. The third kappa shape index (κ3) is 3.98. The number of aromatic amines is 1. The molecule has 1 aromatic carbocycles. The van der Waals surface area contributed by atoms with Crippen molar-refractivity contribution in [2.24, 2.45) is 0 Å². The lowest BCUT2D eigenvalue weighted by Gasteiger charge is -2.11. The Bertz CT molecular complexity index is 1450. The second kappa shape index (κ2) is 8.23. The average molecular weight is 503 g/mol. The van der Waals surface area contributed by atoms with E-state index in [4.69, 9.17) is 32.7 Å². The van der Waals surface area contributed by atoms with E-state index in [2.05, 4.69) is 15.1 Å². The molecule has 7 nitrogen and oxygen atoms in total. The normalized spacial score (nSPS) is 11.8. The fraction of sp³-hybridized carbons (Fsp3) is 0.150. The van der Waals surface area contributed by atoms with Crippen molar-refractivity contribution in [2.45, 2.75) is 6.18 Å². The molecule has 0 bridgehead atoms. The highest BCUT2D eigenvalue weighted by Gasteiger charge is 2.39. The Morgan fingerprint density at radius 2 is 1.73 bits per heavy atom. The molecule has 0 radical (unpaired) electrons. The molecule has 4 rings (SSSR count). The molecule has 0 atom stereocenters. The summed E-state index contributed by atoms with van der Waals surface area (Å²) < 4.78 is 66.5. The molecule has 3 heterocycles. The van der Waals surface area contributed by atoms with Crippen molar-refractivity contribution in [3.05, 3.63) is 62.5 Å². The first-order chi connectivity index (χ1) is 15.5. The largest absolute Gasteiger partial charge is 0.493 e. The minimum Gasteiger partial charge on any atom is -0.493 e. The first kappa shape index (κ1) is 22.9. The number of fused-ring (bicyclic) bond motifs is 1. The van der Waals surface area contributed by atoms with Crippen LogP contribution >= 0.6 is 23.2 Å². The SMILES string of the molecule is COc1ccc(-c2c(C(F)(F)F)nn3c(=O)cc(-c4cc(F)c(Cl)nc4Cl)[nH]c23)cc1OC. The second-order valence-electron chi connectivity index (χ2n) is 6.67. The van der Waals surface area contributed by atoms with Gasteiger partial charge >= 0.3 is 6.18 Å². The van der Waals surface area contributed by atoms with Crippen LogP contribution in [0.25, 0.3) is 28.0 Å². The maximum atomic E-state index is 14.0. The van der Waals surface area contributed by atoms with Crippen molar-refractivity contribution in [1.82, 2.24) is 19.6 Å². The van der Waals surface area contributed by atoms with Gasteiger partial charge in [0.25, 0.3) is 5.56 Å². The fourth-order valence-electron chi connectivity index (χ4n) is 3.28. The number of methoxy groups -OCH3 is 2. The first-order valence-electron chi connectivity index (χ1n) is 9.02. The van der Waals surface area contributed by atoms with Gasteiger partial charge in [0.15, 0.2) is 28.2 Å². The van der Waals surface area contributed by atoms with Gasteiger partial charge in [-0.15, -0.1) is 0 Å². The van der Waals surface area contributed by atoms with Gasteiger partial charge in [-0.25, -0.2) is 9.37 Å². The lowest BCUT2D eigenvalue weighted by molar-refractivity contribution is -0.140. The summed E-state index contributed by atoms with van der Waals surface area (Å²) in [7, 11) is 2.70. The standard InChI is InChI=1S/C20H12Cl2F4N4O3/c1-32-12-4-3-8(5-13(12)33-2)15-16(20(24,25)26)29-30-14(31)7-11(27-19(15)30)9-6-10(23)18(22)28-17(9)21/h3-7,27H,1-2H3. The van der Waals surface area contributed by atoms with Crippen LogP contribution in [-0.4, -0.2) is 33.8 Å². The number of H-pyrrole nitrogens is 1. The number of nitrogens with one attached hydrogen (secondary N) is 1. The van der Waals surface area contributed by atoms with Crippen LogP contribution in [0.2, 0.25) is 10.3 Å². The van der Waals surface area contributed by atoms with E-state index < -0.39 is 34.0 Å². The number of hydrogen-bond acceptors (Lipinski definition) is 5. The van der Waals surface area contributed by atoms with Crippen LogP contribution in [0.1, 0.15) is 5.69 Å². The highest BCUT2D eigenvalue weighted by Crippen LogP contribution is 2.41. The molecule has 13 heteroatoms. The molecule has 0 aliphatic heterocycles. The summed E-state index contributed by atoms with van der Waals surface area (Å²) in [6, 6.07) is 5.92. The van der Waals surface area contributed by atoms with Gasteiger partial charge in [-0.1, -0.05) is 29.3 Å². The summed E-state index contributed by atoms with van der Waals surface area (Å²) in [5.74, 6) is -0.482. The molecule has 0 saturated heterocycles. The van der Waals surface area contributed by atoms with Crippen molar-refractivity contribution in [1.29, 1.82) is 0 Å². The molecule has 0 amide bonds. The number of ether oxygens (including phenoxy) is 2. The van der Waals surface area contributed by atoms with E-state index in [1.54, 1.807) is 0 Å².